The summed E-state index contributed by atoms with van der Waals surface area (Å²) in [4.78, 5) is 6.73. The van der Waals surface area contributed by atoms with Crippen molar-refractivity contribution in [3.8, 4) is 11.8 Å². The number of fused-ring (bicyclic) bond motifs is 2. The Kier molecular flexibility index (Phi) is 3.59. The predicted octanol–water partition coefficient (Wildman–Crippen LogP) is 3.24. The van der Waals surface area contributed by atoms with Crippen molar-refractivity contribution < 1.29 is 0 Å². The van der Waals surface area contributed by atoms with Crippen LogP contribution in [0.1, 0.15) is 31.2 Å². The van der Waals surface area contributed by atoms with Gasteiger partial charge in [-0.3, -0.25) is 9.88 Å². The van der Waals surface area contributed by atoms with Gasteiger partial charge in [-0.05, 0) is 31.4 Å². The molecule has 0 aromatic carbocycles. The Morgan fingerprint density at radius 1 is 1.37 bits per heavy atom. The fourth-order valence-corrected chi connectivity index (χ4v) is 3.42. The van der Waals surface area contributed by atoms with Crippen LogP contribution >= 0.6 is 11.6 Å². The molecule has 1 saturated heterocycles. The average Bonchev–Trinajstić information content (AvgIpc) is 2.68. The highest BCUT2D eigenvalue weighted by Crippen LogP contribution is 2.39. The molecule has 0 radical (unpaired) electrons. The Labute approximate surface area is 119 Å². The molecule has 0 spiro atoms. The quantitative estimate of drug-likeness (QED) is 0.607. The van der Waals surface area contributed by atoms with Crippen LogP contribution in [0.4, 0.5) is 0 Å². The number of pyridine rings is 1. The molecule has 3 unspecified atom stereocenters. The molecule has 2 aliphatic heterocycles. The fourth-order valence-electron chi connectivity index (χ4n) is 3.24. The standard InChI is InChI=1S/C16H17ClN2/c1-2-3-8-19-14-4-6-15(16(19)7-5-14)12-9-13(17)11-18-10-12/h4,6,9-11,14-16H,5,7-8H2,1H3. The molecule has 2 aliphatic rings. The smallest absolute Gasteiger partial charge is 0.0609 e. The van der Waals surface area contributed by atoms with E-state index < -0.39 is 0 Å². The van der Waals surface area contributed by atoms with Crippen molar-refractivity contribution >= 4 is 11.6 Å². The number of halogens is 1. The molecular formula is C16H17ClN2. The molecule has 3 heteroatoms. The van der Waals surface area contributed by atoms with E-state index in [4.69, 9.17) is 11.6 Å². The number of nitrogens with zero attached hydrogens (tertiary/aromatic N) is 2. The summed E-state index contributed by atoms with van der Waals surface area (Å²) in [6.07, 6.45) is 10.7. The fraction of sp³-hybridized carbons (Fsp3) is 0.438. The van der Waals surface area contributed by atoms with Crippen LogP contribution in [0, 0.1) is 11.8 Å². The first-order valence-corrected chi connectivity index (χ1v) is 7.11. The third-order valence-corrected chi connectivity index (χ3v) is 4.32. The van der Waals surface area contributed by atoms with Gasteiger partial charge in [0, 0.05) is 30.4 Å². The largest absolute Gasteiger partial charge is 0.282 e. The van der Waals surface area contributed by atoms with Crippen LogP contribution < -0.4 is 0 Å². The summed E-state index contributed by atoms with van der Waals surface area (Å²) in [5.74, 6) is 6.59. The van der Waals surface area contributed by atoms with E-state index in [2.05, 4.69) is 33.9 Å². The van der Waals surface area contributed by atoms with Crippen LogP contribution in [0.3, 0.4) is 0 Å². The molecule has 98 valence electrons. The maximum atomic E-state index is 6.06. The van der Waals surface area contributed by atoms with Crippen LogP contribution in [-0.4, -0.2) is 28.5 Å². The SMILES string of the molecule is CC#CCN1C2C=CC(c3cncc(Cl)c3)C1CC2. The molecule has 0 amide bonds. The van der Waals surface area contributed by atoms with Gasteiger partial charge in [-0.25, -0.2) is 0 Å². The van der Waals surface area contributed by atoms with Crippen molar-refractivity contribution in [2.75, 3.05) is 6.54 Å². The average molecular weight is 273 g/mol. The van der Waals surface area contributed by atoms with Crippen LogP contribution in [0.2, 0.25) is 5.02 Å². The second-order valence-corrected chi connectivity index (χ2v) is 5.59. The highest BCUT2D eigenvalue weighted by Gasteiger charge is 2.39. The molecule has 19 heavy (non-hydrogen) atoms. The van der Waals surface area contributed by atoms with E-state index in [1.807, 2.05) is 19.2 Å². The van der Waals surface area contributed by atoms with Gasteiger partial charge < -0.3 is 0 Å². The Hall–Kier alpha value is -1.30. The molecule has 1 aromatic rings. The molecular weight excluding hydrogens is 256 g/mol. The van der Waals surface area contributed by atoms with Gasteiger partial charge in [0.1, 0.15) is 0 Å². The first-order valence-electron chi connectivity index (χ1n) is 6.73. The summed E-state index contributed by atoms with van der Waals surface area (Å²) >= 11 is 6.06. The second-order valence-electron chi connectivity index (χ2n) is 5.16. The van der Waals surface area contributed by atoms with Gasteiger partial charge in [-0.15, -0.1) is 5.92 Å². The van der Waals surface area contributed by atoms with Crippen molar-refractivity contribution in [2.45, 2.75) is 37.8 Å². The highest BCUT2D eigenvalue weighted by molar-refractivity contribution is 6.30. The zero-order valence-corrected chi connectivity index (χ0v) is 11.8. The van der Waals surface area contributed by atoms with E-state index in [0.717, 1.165) is 6.54 Å². The lowest BCUT2D eigenvalue weighted by Gasteiger charge is -2.35. The third kappa shape index (κ3) is 2.41. The first-order chi connectivity index (χ1) is 9.29. The molecule has 2 bridgehead atoms. The zero-order valence-electron chi connectivity index (χ0n) is 11.0. The van der Waals surface area contributed by atoms with Gasteiger partial charge in [0.2, 0.25) is 0 Å². The Bertz CT molecular complexity index is 555. The third-order valence-electron chi connectivity index (χ3n) is 4.11. The normalized spacial score (nSPS) is 29.1. The van der Waals surface area contributed by atoms with Crippen LogP contribution in [0.5, 0.6) is 0 Å². The van der Waals surface area contributed by atoms with Gasteiger partial charge in [0.15, 0.2) is 0 Å². The van der Waals surface area contributed by atoms with Crippen molar-refractivity contribution in [2.24, 2.45) is 0 Å². The molecule has 3 heterocycles. The monoisotopic (exact) mass is 272 g/mol. The van der Waals surface area contributed by atoms with Gasteiger partial charge in [-0.1, -0.05) is 29.7 Å². The second kappa shape index (κ2) is 5.36. The van der Waals surface area contributed by atoms with Crippen molar-refractivity contribution in [1.29, 1.82) is 0 Å². The van der Waals surface area contributed by atoms with Crippen LogP contribution in [0.25, 0.3) is 0 Å². The molecule has 0 aliphatic carbocycles. The lowest BCUT2D eigenvalue weighted by molar-refractivity contribution is 0.219. The minimum absolute atomic E-state index is 0.392. The van der Waals surface area contributed by atoms with E-state index in [9.17, 15) is 0 Å². The Morgan fingerprint density at radius 2 is 2.26 bits per heavy atom. The van der Waals surface area contributed by atoms with E-state index in [1.165, 1.54) is 18.4 Å². The Balaban J connectivity index is 1.89. The summed E-state index contributed by atoms with van der Waals surface area (Å²) in [5.41, 5.74) is 1.21. The molecule has 3 atom stereocenters. The van der Waals surface area contributed by atoms with Crippen LogP contribution in [0.15, 0.2) is 30.6 Å². The molecule has 0 N–H and O–H groups in total. The minimum atomic E-state index is 0.392. The van der Waals surface area contributed by atoms with Crippen molar-refractivity contribution in [3.05, 3.63) is 41.2 Å². The summed E-state index contributed by atoms with van der Waals surface area (Å²) in [6.45, 7) is 2.76. The number of aromatic nitrogens is 1. The summed E-state index contributed by atoms with van der Waals surface area (Å²) in [7, 11) is 0. The van der Waals surface area contributed by atoms with Gasteiger partial charge in [0.25, 0.3) is 0 Å². The zero-order chi connectivity index (χ0) is 13.2. The maximum Gasteiger partial charge on any atom is 0.0609 e. The molecule has 0 saturated carbocycles. The topological polar surface area (TPSA) is 16.1 Å². The highest BCUT2D eigenvalue weighted by atomic mass is 35.5. The Morgan fingerprint density at radius 3 is 3.05 bits per heavy atom. The van der Waals surface area contributed by atoms with E-state index in [-0.39, 0.29) is 0 Å². The van der Waals surface area contributed by atoms with Crippen molar-refractivity contribution in [3.63, 3.8) is 0 Å². The number of hydrogen-bond donors (Lipinski definition) is 0. The summed E-state index contributed by atoms with van der Waals surface area (Å²) < 4.78 is 0. The molecule has 1 aromatic heterocycles. The minimum Gasteiger partial charge on any atom is -0.282 e. The summed E-state index contributed by atoms with van der Waals surface area (Å²) in [6, 6.07) is 3.14. The van der Waals surface area contributed by atoms with E-state index in [0.29, 0.717) is 23.0 Å². The van der Waals surface area contributed by atoms with Crippen LogP contribution in [-0.2, 0) is 0 Å². The number of rotatable bonds is 2. The van der Waals surface area contributed by atoms with Gasteiger partial charge >= 0.3 is 0 Å². The summed E-state index contributed by atoms with van der Waals surface area (Å²) in [5, 5.41) is 0.714. The first kappa shape index (κ1) is 12.7. The number of hydrogen-bond acceptors (Lipinski definition) is 2. The predicted molar refractivity (Wildman–Crippen MR) is 78.1 cm³/mol. The van der Waals surface area contributed by atoms with Gasteiger partial charge in [0.05, 0.1) is 11.6 Å². The molecule has 2 nitrogen and oxygen atoms in total. The van der Waals surface area contributed by atoms with Crippen molar-refractivity contribution in [1.82, 2.24) is 9.88 Å². The maximum absolute atomic E-state index is 6.06. The molecule has 3 rings (SSSR count). The lowest BCUT2D eigenvalue weighted by atomic mass is 9.89. The van der Waals surface area contributed by atoms with E-state index in [1.54, 1.807) is 6.20 Å². The molecule has 1 fully saturated rings. The van der Waals surface area contributed by atoms with E-state index >= 15 is 0 Å². The lowest BCUT2D eigenvalue weighted by Crippen LogP contribution is -2.41. The van der Waals surface area contributed by atoms with Gasteiger partial charge in [-0.2, -0.15) is 0 Å².